The number of hydrogen-bond acceptors (Lipinski definition) is 6. The number of aromatic nitrogens is 2. The lowest BCUT2D eigenvalue weighted by Crippen LogP contribution is -2.27. The monoisotopic (exact) mass is 296 g/mol. The highest BCUT2D eigenvalue weighted by molar-refractivity contribution is 7.89. The molecule has 0 aliphatic carbocycles. The first-order chi connectivity index (χ1) is 9.53. The summed E-state index contributed by atoms with van der Waals surface area (Å²) >= 11 is 0. The van der Waals surface area contributed by atoms with Crippen molar-refractivity contribution in [2.45, 2.75) is 24.7 Å². The lowest BCUT2D eigenvalue weighted by atomic mass is 10.1. The number of nitrogens with two attached hydrogens (primary N) is 1. The smallest absolute Gasteiger partial charge is 0.240 e. The maximum Gasteiger partial charge on any atom is 0.240 e. The third kappa shape index (κ3) is 3.34. The fourth-order valence-corrected chi connectivity index (χ4v) is 3.17. The highest BCUT2D eigenvalue weighted by Gasteiger charge is 2.18. The number of nitrogens with one attached hydrogen (secondary N) is 1. The summed E-state index contributed by atoms with van der Waals surface area (Å²) < 4.78 is 31.6. The number of anilines is 1. The number of nitrogens with zero attached hydrogens (tertiary/aromatic N) is 2. The van der Waals surface area contributed by atoms with Gasteiger partial charge in [-0.1, -0.05) is 18.1 Å². The SMILES string of the molecule is CCc1ccc(N)cc1S(=O)(=O)NCCc1ncon1. The number of benzene rings is 1. The molecule has 0 saturated heterocycles. The summed E-state index contributed by atoms with van der Waals surface area (Å²) in [6.07, 6.45) is 2.18. The zero-order chi connectivity index (χ0) is 14.6. The lowest BCUT2D eigenvalue weighted by molar-refractivity contribution is 0.410. The Morgan fingerprint density at radius 2 is 2.20 bits per heavy atom. The number of aryl methyl sites for hydroxylation is 1. The molecule has 3 N–H and O–H groups in total. The first kappa shape index (κ1) is 14.5. The van der Waals surface area contributed by atoms with Gasteiger partial charge in [0.25, 0.3) is 0 Å². The van der Waals surface area contributed by atoms with E-state index in [0.29, 0.717) is 24.4 Å². The van der Waals surface area contributed by atoms with Crippen molar-refractivity contribution in [3.05, 3.63) is 36.0 Å². The zero-order valence-corrected chi connectivity index (χ0v) is 11.9. The Hall–Kier alpha value is -1.93. The molecule has 0 aliphatic heterocycles. The Morgan fingerprint density at radius 3 is 2.85 bits per heavy atom. The van der Waals surface area contributed by atoms with E-state index in [9.17, 15) is 8.42 Å². The summed E-state index contributed by atoms with van der Waals surface area (Å²) in [6.45, 7) is 2.09. The summed E-state index contributed by atoms with van der Waals surface area (Å²) in [4.78, 5) is 4.04. The third-order valence-corrected chi connectivity index (χ3v) is 4.35. The molecule has 0 radical (unpaired) electrons. The molecule has 1 aromatic heterocycles. The summed E-state index contributed by atoms with van der Waals surface area (Å²) in [5, 5.41) is 3.62. The molecule has 2 aromatic rings. The quantitative estimate of drug-likeness (QED) is 0.760. The molecule has 0 saturated carbocycles. The van der Waals surface area contributed by atoms with Crippen LogP contribution in [0.2, 0.25) is 0 Å². The van der Waals surface area contributed by atoms with E-state index in [-0.39, 0.29) is 11.4 Å². The van der Waals surface area contributed by atoms with E-state index in [0.717, 1.165) is 5.56 Å². The molecule has 2 rings (SSSR count). The van der Waals surface area contributed by atoms with Crippen LogP contribution in [0.15, 0.2) is 34.0 Å². The van der Waals surface area contributed by atoms with Gasteiger partial charge in [0, 0.05) is 18.7 Å². The van der Waals surface area contributed by atoms with Crippen molar-refractivity contribution in [3.63, 3.8) is 0 Å². The summed E-state index contributed by atoms with van der Waals surface area (Å²) in [6, 6.07) is 4.88. The van der Waals surface area contributed by atoms with Gasteiger partial charge in [0.2, 0.25) is 16.4 Å². The van der Waals surface area contributed by atoms with Gasteiger partial charge >= 0.3 is 0 Å². The van der Waals surface area contributed by atoms with E-state index in [2.05, 4.69) is 19.4 Å². The Kier molecular flexibility index (Phi) is 4.35. The summed E-state index contributed by atoms with van der Waals surface area (Å²) in [5.74, 6) is 0.455. The van der Waals surface area contributed by atoms with Crippen molar-refractivity contribution in [3.8, 4) is 0 Å². The number of hydrogen-bond donors (Lipinski definition) is 2. The minimum atomic E-state index is -3.59. The van der Waals surface area contributed by atoms with E-state index >= 15 is 0 Å². The van der Waals surface area contributed by atoms with E-state index < -0.39 is 10.0 Å². The predicted molar refractivity (Wildman–Crippen MR) is 73.4 cm³/mol. The first-order valence-corrected chi connectivity index (χ1v) is 7.64. The maximum absolute atomic E-state index is 12.3. The Balaban J connectivity index is 2.11. The molecule has 1 heterocycles. The van der Waals surface area contributed by atoms with Gasteiger partial charge in [-0.2, -0.15) is 4.98 Å². The van der Waals surface area contributed by atoms with E-state index in [1.807, 2.05) is 6.92 Å². The molecule has 7 nitrogen and oxygen atoms in total. The van der Waals surface area contributed by atoms with Gasteiger partial charge in [-0.15, -0.1) is 0 Å². The van der Waals surface area contributed by atoms with Gasteiger partial charge in [-0.25, -0.2) is 13.1 Å². The third-order valence-electron chi connectivity index (χ3n) is 2.81. The second-order valence-electron chi connectivity index (χ2n) is 4.22. The highest BCUT2D eigenvalue weighted by atomic mass is 32.2. The van der Waals surface area contributed by atoms with Crippen molar-refractivity contribution in [2.24, 2.45) is 0 Å². The van der Waals surface area contributed by atoms with Crippen molar-refractivity contribution in [1.82, 2.24) is 14.9 Å². The van der Waals surface area contributed by atoms with Crippen molar-refractivity contribution in [2.75, 3.05) is 12.3 Å². The van der Waals surface area contributed by atoms with E-state index in [1.54, 1.807) is 12.1 Å². The summed E-state index contributed by atoms with van der Waals surface area (Å²) in [5.41, 5.74) is 6.81. The lowest BCUT2D eigenvalue weighted by Gasteiger charge is -2.10. The molecule has 0 bridgehead atoms. The molecule has 1 aromatic carbocycles. The molecule has 0 unspecified atom stereocenters. The largest absolute Gasteiger partial charge is 0.399 e. The van der Waals surface area contributed by atoms with Gasteiger partial charge in [0.1, 0.15) is 0 Å². The van der Waals surface area contributed by atoms with Gasteiger partial charge in [0.05, 0.1) is 4.90 Å². The molecule has 8 heteroatoms. The molecule has 108 valence electrons. The average molecular weight is 296 g/mol. The predicted octanol–water partition coefficient (Wildman–Crippen LogP) is 0.735. The van der Waals surface area contributed by atoms with Crippen molar-refractivity contribution in [1.29, 1.82) is 0 Å². The van der Waals surface area contributed by atoms with Crippen LogP contribution in [-0.4, -0.2) is 25.1 Å². The first-order valence-electron chi connectivity index (χ1n) is 6.16. The normalized spacial score (nSPS) is 11.7. The maximum atomic E-state index is 12.3. The zero-order valence-electron chi connectivity index (χ0n) is 11.0. The highest BCUT2D eigenvalue weighted by Crippen LogP contribution is 2.19. The van der Waals surface area contributed by atoms with E-state index in [1.165, 1.54) is 12.5 Å². The van der Waals surface area contributed by atoms with Crippen LogP contribution in [0.5, 0.6) is 0 Å². The number of nitrogen functional groups attached to an aromatic ring is 1. The minimum absolute atomic E-state index is 0.194. The molecular formula is C12H16N4O3S. The Labute approximate surface area is 117 Å². The Bertz CT molecular complexity index is 668. The van der Waals surface area contributed by atoms with Gasteiger partial charge in [-0.3, -0.25) is 0 Å². The van der Waals surface area contributed by atoms with Crippen LogP contribution in [0.1, 0.15) is 18.3 Å². The van der Waals surface area contributed by atoms with Crippen LogP contribution in [0.25, 0.3) is 0 Å². The second kappa shape index (κ2) is 6.02. The van der Waals surface area contributed by atoms with Gasteiger partial charge in [-0.05, 0) is 24.1 Å². The van der Waals surface area contributed by atoms with E-state index in [4.69, 9.17) is 5.73 Å². The molecule has 0 spiro atoms. The molecule has 0 amide bonds. The van der Waals surface area contributed by atoms with Crippen LogP contribution in [0, 0.1) is 0 Å². The van der Waals surface area contributed by atoms with Gasteiger partial charge < -0.3 is 10.3 Å². The molecule has 20 heavy (non-hydrogen) atoms. The average Bonchev–Trinajstić information content (AvgIpc) is 2.91. The standard InChI is InChI=1S/C12H16N4O3S/c1-2-9-3-4-10(13)7-11(9)20(17,18)15-6-5-12-14-8-19-16-12/h3-4,7-8,15H,2,5-6,13H2,1H3. The molecule has 0 fully saturated rings. The Morgan fingerprint density at radius 1 is 1.40 bits per heavy atom. The summed E-state index contributed by atoms with van der Waals surface area (Å²) in [7, 11) is -3.59. The molecular weight excluding hydrogens is 280 g/mol. The fraction of sp³-hybridized carbons (Fsp3) is 0.333. The van der Waals surface area contributed by atoms with Crippen LogP contribution in [0.4, 0.5) is 5.69 Å². The van der Waals surface area contributed by atoms with Crippen LogP contribution in [0.3, 0.4) is 0 Å². The minimum Gasteiger partial charge on any atom is -0.399 e. The fourth-order valence-electron chi connectivity index (χ4n) is 1.79. The van der Waals surface area contributed by atoms with Crippen molar-refractivity contribution >= 4 is 15.7 Å². The second-order valence-corrected chi connectivity index (χ2v) is 5.95. The van der Waals surface area contributed by atoms with Crippen LogP contribution >= 0.6 is 0 Å². The molecule has 0 atom stereocenters. The number of rotatable bonds is 6. The van der Waals surface area contributed by atoms with Crippen molar-refractivity contribution < 1.29 is 12.9 Å². The van der Waals surface area contributed by atoms with Crippen LogP contribution < -0.4 is 10.5 Å². The number of sulfonamides is 1. The van der Waals surface area contributed by atoms with Crippen LogP contribution in [-0.2, 0) is 22.9 Å². The topological polar surface area (TPSA) is 111 Å². The molecule has 0 aliphatic rings. The van der Waals surface area contributed by atoms with Gasteiger partial charge in [0.15, 0.2) is 5.82 Å².